The van der Waals surface area contributed by atoms with E-state index in [9.17, 15) is 19.5 Å². The Kier molecular flexibility index (Phi) is 10.9. The number of carboxylic acid groups (broad SMARTS) is 1. The van der Waals surface area contributed by atoms with E-state index in [-0.39, 0.29) is 37.0 Å². The summed E-state index contributed by atoms with van der Waals surface area (Å²) in [4.78, 5) is 42.5. The third-order valence-electron chi connectivity index (χ3n) is 6.95. The Labute approximate surface area is 242 Å². The maximum atomic E-state index is 14.3. The summed E-state index contributed by atoms with van der Waals surface area (Å²) in [5, 5.41) is 18.7. The van der Waals surface area contributed by atoms with Gasteiger partial charge in [-0.3, -0.25) is 9.59 Å². The van der Waals surface area contributed by atoms with Crippen molar-refractivity contribution in [3.05, 3.63) is 41.2 Å². The number of carbonyl (C=O) groups is 3. The van der Waals surface area contributed by atoms with Crippen molar-refractivity contribution in [2.75, 3.05) is 33.4 Å². The summed E-state index contributed by atoms with van der Waals surface area (Å²) in [5.74, 6) is -2.07. The Morgan fingerprint density at radius 1 is 1.12 bits per heavy atom. The molecule has 1 aromatic carbocycles. The first-order valence-corrected chi connectivity index (χ1v) is 14.3. The summed E-state index contributed by atoms with van der Waals surface area (Å²) in [5.41, 5.74) is 2.11. The summed E-state index contributed by atoms with van der Waals surface area (Å²) in [6.07, 6.45) is 1.78. The number of rotatable bonds is 11. The highest BCUT2D eigenvalue weighted by Crippen LogP contribution is 2.27. The van der Waals surface area contributed by atoms with Crippen LogP contribution in [0.25, 0.3) is 5.69 Å². The van der Waals surface area contributed by atoms with Crippen LogP contribution >= 0.6 is 0 Å². The molecular formula is C30H45N5O6. The number of unbranched alkanes of at least 4 members (excludes halogenated alkanes) is 1. The summed E-state index contributed by atoms with van der Waals surface area (Å²) in [7, 11) is 1.66. The lowest BCUT2D eigenvalue weighted by molar-refractivity contribution is -0.144. The number of methoxy groups -OCH3 is 1. The summed E-state index contributed by atoms with van der Waals surface area (Å²) in [6.45, 7) is 12.5. The van der Waals surface area contributed by atoms with Gasteiger partial charge in [0.2, 0.25) is 0 Å². The Morgan fingerprint density at radius 3 is 2.39 bits per heavy atom. The lowest BCUT2D eigenvalue weighted by Crippen LogP contribution is -2.56. The van der Waals surface area contributed by atoms with Gasteiger partial charge in [0.05, 0.1) is 23.3 Å². The first-order chi connectivity index (χ1) is 19.3. The smallest absolute Gasteiger partial charge is 0.410 e. The molecule has 226 valence electrons. The van der Waals surface area contributed by atoms with Gasteiger partial charge in [-0.2, -0.15) is 0 Å². The minimum Gasteiger partial charge on any atom is -0.481 e. The molecule has 1 fully saturated rings. The molecule has 11 nitrogen and oxygen atoms in total. The number of hydrogen-bond donors (Lipinski definition) is 1. The fourth-order valence-corrected chi connectivity index (χ4v) is 5.00. The van der Waals surface area contributed by atoms with Crippen LogP contribution in [0.2, 0.25) is 0 Å². The predicted octanol–water partition coefficient (Wildman–Crippen LogP) is 4.35. The van der Waals surface area contributed by atoms with Crippen LogP contribution in [-0.4, -0.2) is 92.9 Å². The zero-order valence-electron chi connectivity index (χ0n) is 25.4. The Hall–Kier alpha value is -3.47. The first kappa shape index (κ1) is 32.0. The molecule has 3 rings (SSSR count). The number of ether oxygens (including phenoxy) is 2. The quantitative estimate of drug-likeness (QED) is 0.395. The first-order valence-electron chi connectivity index (χ1n) is 14.3. The summed E-state index contributed by atoms with van der Waals surface area (Å²) in [6, 6.07) is 7.33. The zero-order chi connectivity index (χ0) is 30.3. The molecule has 41 heavy (non-hydrogen) atoms. The molecule has 2 aromatic rings. The second-order valence-electron chi connectivity index (χ2n) is 12.2. The van der Waals surface area contributed by atoms with Crippen LogP contribution in [0.15, 0.2) is 24.3 Å². The number of hydrogen-bond acceptors (Lipinski definition) is 7. The van der Waals surface area contributed by atoms with E-state index in [4.69, 9.17) is 9.47 Å². The van der Waals surface area contributed by atoms with E-state index in [1.54, 1.807) is 37.5 Å². The van der Waals surface area contributed by atoms with Gasteiger partial charge in [0, 0.05) is 33.4 Å². The molecule has 1 N–H and O–H groups in total. The molecule has 1 aromatic heterocycles. The standard InChI is InChI=1S/C30H45N5O6/c1-20(2)17-34(24-16-22(28(37)38)18-33(19-24)29(39)41-30(4,5)6)27(36)26-25(10-8-9-15-40-7)35(32-31-26)23-13-11-21(3)12-14-23/h11-14,20,22,24H,8-10,15-19H2,1-7H3,(H,37,38)/t22-,24+/m1/s1. The van der Waals surface area contributed by atoms with Crippen LogP contribution in [0.4, 0.5) is 4.79 Å². The monoisotopic (exact) mass is 571 g/mol. The number of benzene rings is 1. The summed E-state index contributed by atoms with van der Waals surface area (Å²) < 4.78 is 12.5. The van der Waals surface area contributed by atoms with Gasteiger partial charge in [-0.05, 0) is 71.4 Å². The average molecular weight is 572 g/mol. The molecule has 11 heteroatoms. The number of piperidine rings is 1. The second-order valence-corrected chi connectivity index (χ2v) is 12.2. The maximum Gasteiger partial charge on any atom is 0.410 e. The third-order valence-corrected chi connectivity index (χ3v) is 6.95. The molecule has 0 radical (unpaired) electrons. The van der Waals surface area contributed by atoms with Gasteiger partial charge >= 0.3 is 12.1 Å². The van der Waals surface area contributed by atoms with E-state index in [1.165, 1.54) is 4.90 Å². The largest absolute Gasteiger partial charge is 0.481 e. The van der Waals surface area contributed by atoms with Crippen LogP contribution in [0, 0.1) is 18.8 Å². The van der Waals surface area contributed by atoms with Gasteiger partial charge in [0.25, 0.3) is 5.91 Å². The highest BCUT2D eigenvalue weighted by Gasteiger charge is 2.40. The van der Waals surface area contributed by atoms with Gasteiger partial charge < -0.3 is 24.4 Å². The van der Waals surface area contributed by atoms with Crippen LogP contribution in [-0.2, 0) is 20.7 Å². The lowest BCUT2D eigenvalue weighted by Gasteiger charge is -2.42. The summed E-state index contributed by atoms with van der Waals surface area (Å²) >= 11 is 0. The average Bonchev–Trinajstić information content (AvgIpc) is 3.32. The number of nitrogens with zero attached hydrogens (tertiary/aromatic N) is 5. The van der Waals surface area contributed by atoms with E-state index < -0.39 is 29.6 Å². The zero-order valence-corrected chi connectivity index (χ0v) is 25.4. The van der Waals surface area contributed by atoms with E-state index in [0.29, 0.717) is 25.3 Å². The predicted molar refractivity (Wildman–Crippen MR) is 154 cm³/mol. The van der Waals surface area contributed by atoms with Crippen LogP contribution in [0.3, 0.4) is 0 Å². The molecule has 1 saturated heterocycles. The van der Waals surface area contributed by atoms with Crippen molar-refractivity contribution in [3.63, 3.8) is 0 Å². The molecule has 1 aliphatic rings. The minimum atomic E-state index is -1.01. The molecule has 1 aliphatic heterocycles. The highest BCUT2D eigenvalue weighted by molar-refractivity contribution is 5.94. The molecule has 0 unspecified atom stereocenters. The van der Waals surface area contributed by atoms with Crippen molar-refractivity contribution < 1.29 is 29.0 Å². The normalized spacial score (nSPS) is 17.5. The lowest BCUT2D eigenvalue weighted by atomic mass is 9.92. The van der Waals surface area contributed by atoms with Gasteiger partial charge in [-0.1, -0.05) is 36.8 Å². The number of aryl methyl sites for hydroxylation is 1. The Balaban J connectivity index is 1.99. The van der Waals surface area contributed by atoms with Crippen molar-refractivity contribution in [2.24, 2.45) is 11.8 Å². The number of carboxylic acids is 1. The van der Waals surface area contributed by atoms with Crippen LogP contribution in [0.5, 0.6) is 0 Å². The second kappa shape index (κ2) is 13.9. The topological polar surface area (TPSA) is 127 Å². The minimum absolute atomic E-state index is 0.0266. The molecule has 2 amide bonds. The van der Waals surface area contributed by atoms with Gasteiger partial charge in [-0.15, -0.1) is 5.10 Å². The van der Waals surface area contributed by atoms with Crippen molar-refractivity contribution in [1.82, 2.24) is 24.8 Å². The Morgan fingerprint density at radius 2 is 1.80 bits per heavy atom. The van der Waals surface area contributed by atoms with Crippen LogP contribution in [0.1, 0.15) is 75.6 Å². The molecule has 0 bridgehead atoms. The number of aromatic nitrogens is 3. The molecule has 0 spiro atoms. The number of aliphatic carboxylic acids is 1. The number of carbonyl (C=O) groups excluding carboxylic acids is 2. The van der Waals surface area contributed by atoms with Crippen molar-refractivity contribution in [3.8, 4) is 5.69 Å². The Bertz CT molecular complexity index is 1190. The van der Waals surface area contributed by atoms with Gasteiger partial charge in [0.1, 0.15) is 5.60 Å². The van der Waals surface area contributed by atoms with Gasteiger partial charge in [0.15, 0.2) is 5.69 Å². The number of likely N-dealkylation sites (tertiary alicyclic amines) is 1. The molecule has 0 saturated carbocycles. The SMILES string of the molecule is COCCCCc1c(C(=O)N(CC(C)C)[C@H]2C[C@@H](C(=O)O)CN(C(=O)OC(C)(C)C)C2)nnn1-c1ccc(C)cc1. The molecule has 2 heterocycles. The highest BCUT2D eigenvalue weighted by atomic mass is 16.6. The molecule has 2 atom stereocenters. The fourth-order valence-electron chi connectivity index (χ4n) is 5.00. The van der Waals surface area contributed by atoms with Crippen LogP contribution < -0.4 is 0 Å². The number of amides is 2. The molecule has 0 aliphatic carbocycles. The molecular weight excluding hydrogens is 526 g/mol. The third kappa shape index (κ3) is 8.76. The van der Waals surface area contributed by atoms with E-state index in [1.807, 2.05) is 45.0 Å². The van der Waals surface area contributed by atoms with Crippen molar-refractivity contribution >= 4 is 18.0 Å². The van der Waals surface area contributed by atoms with E-state index >= 15 is 0 Å². The van der Waals surface area contributed by atoms with E-state index in [2.05, 4.69) is 10.3 Å². The fraction of sp³-hybridized carbons (Fsp3) is 0.633. The van der Waals surface area contributed by atoms with Crippen molar-refractivity contribution in [2.45, 2.75) is 78.9 Å². The van der Waals surface area contributed by atoms with Crippen molar-refractivity contribution in [1.29, 1.82) is 0 Å². The van der Waals surface area contributed by atoms with E-state index in [0.717, 1.165) is 24.1 Å². The maximum absolute atomic E-state index is 14.3. The van der Waals surface area contributed by atoms with Gasteiger partial charge in [-0.25, -0.2) is 9.48 Å².